The summed E-state index contributed by atoms with van der Waals surface area (Å²) >= 11 is 0. The van der Waals surface area contributed by atoms with Crippen LogP contribution in [0.4, 0.5) is 11.4 Å². The molecule has 4 aliphatic rings. The molecule has 5 N–H and O–H groups in total. The zero-order valence-corrected chi connectivity index (χ0v) is 41.0. The number of likely N-dealkylation sites (tertiary alicyclic amines) is 2. The van der Waals surface area contributed by atoms with Crippen LogP contribution in [0.15, 0.2) is 97.3 Å². The highest BCUT2D eigenvalue weighted by Gasteiger charge is 2.25. The van der Waals surface area contributed by atoms with Crippen LogP contribution in [-0.2, 0) is 12.8 Å². The van der Waals surface area contributed by atoms with Gasteiger partial charge in [-0.15, -0.1) is 0 Å². The molecule has 4 saturated heterocycles. The van der Waals surface area contributed by atoms with Gasteiger partial charge in [-0.05, 0) is 140 Å². The number of carbonyl (C=O) groups is 2. The molecule has 2 amide bonds. The molecule has 0 radical (unpaired) electrons. The highest BCUT2D eigenvalue weighted by atomic mass is 16.5. The quantitative estimate of drug-likeness (QED) is 0.112. The number of rotatable bonds is 14. The molecular weight excluding hydrogens is 865 g/mol. The molecule has 6 aromatic rings. The molecule has 0 saturated carbocycles. The molecule has 4 aromatic carbocycles. The number of benzene rings is 4. The van der Waals surface area contributed by atoms with E-state index < -0.39 is 0 Å². The van der Waals surface area contributed by atoms with Gasteiger partial charge in [-0.25, -0.2) is 0 Å². The van der Waals surface area contributed by atoms with E-state index in [2.05, 4.69) is 107 Å². The average Bonchev–Trinajstić information content (AvgIpc) is 4.02. The summed E-state index contributed by atoms with van der Waals surface area (Å²) in [4.78, 5) is 35.7. The van der Waals surface area contributed by atoms with Gasteiger partial charge in [0.2, 0.25) is 11.8 Å². The SMILES string of the molecule is COc1ccc(N2CCN(C)CC2)cc1CCN1CCC(n2ccc3ccc(C(N)=O)cc32)CC1.COc1ccc(N2CCNCC2)cc1CCN1CCC(n2ccc3ccc(C(N)=O)cc32)CC1. The minimum Gasteiger partial charge on any atom is -0.496 e. The molecular formula is C55H72N10O4. The molecule has 10 rings (SSSR count). The van der Waals surface area contributed by atoms with Gasteiger partial charge in [0, 0.05) is 150 Å². The van der Waals surface area contributed by atoms with Crippen molar-refractivity contribution in [2.24, 2.45) is 11.5 Å². The molecule has 0 spiro atoms. The first-order valence-electron chi connectivity index (χ1n) is 25.1. The van der Waals surface area contributed by atoms with E-state index in [0.717, 1.165) is 163 Å². The van der Waals surface area contributed by atoms with E-state index in [1.54, 1.807) is 14.2 Å². The lowest BCUT2D eigenvalue weighted by Gasteiger charge is -2.35. The molecule has 0 bridgehead atoms. The third-order valence-corrected chi connectivity index (χ3v) is 15.2. The number of carbonyl (C=O) groups excluding carboxylic acids is 2. The van der Waals surface area contributed by atoms with Crippen molar-refractivity contribution in [1.29, 1.82) is 0 Å². The number of amides is 2. The summed E-state index contributed by atoms with van der Waals surface area (Å²) in [5, 5.41) is 5.74. The highest BCUT2D eigenvalue weighted by molar-refractivity contribution is 5.97. The summed E-state index contributed by atoms with van der Waals surface area (Å²) in [5.41, 5.74) is 19.5. The molecule has 366 valence electrons. The Bertz CT molecular complexity index is 2680. The summed E-state index contributed by atoms with van der Waals surface area (Å²) in [6.45, 7) is 14.9. The molecule has 14 heteroatoms. The molecule has 0 atom stereocenters. The Morgan fingerprint density at radius 2 is 0.986 bits per heavy atom. The normalized spacial score (nSPS) is 18.1. The van der Waals surface area contributed by atoms with Crippen molar-refractivity contribution in [2.45, 2.75) is 50.6 Å². The maximum absolute atomic E-state index is 11.6. The number of likely N-dealkylation sites (N-methyl/N-ethyl adjacent to an activating group) is 1. The number of primary amides is 2. The smallest absolute Gasteiger partial charge is 0.248 e. The molecule has 0 aliphatic carbocycles. The van der Waals surface area contributed by atoms with E-state index in [9.17, 15) is 9.59 Å². The molecule has 2 aromatic heterocycles. The fraction of sp³-hybridized carbons (Fsp3) is 0.455. The molecule has 14 nitrogen and oxygen atoms in total. The summed E-state index contributed by atoms with van der Waals surface area (Å²) in [6.07, 6.45) is 10.7. The molecule has 69 heavy (non-hydrogen) atoms. The Hall–Kier alpha value is -6.06. The fourth-order valence-corrected chi connectivity index (χ4v) is 10.9. The number of hydrogen-bond acceptors (Lipinski definition) is 10. The van der Waals surface area contributed by atoms with Gasteiger partial charge < -0.3 is 59.9 Å². The number of fused-ring (bicyclic) bond motifs is 2. The first-order chi connectivity index (χ1) is 33.6. The van der Waals surface area contributed by atoms with Crippen molar-refractivity contribution in [3.05, 3.63) is 120 Å². The van der Waals surface area contributed by atoms with Gasteiger partial charge >= 0.3 is 0 Å². The van der Waals surface area contributed by atoms with Crippen LogP contribution in [0.25, 0.3) is 21.8 Å². The number of nitrogens with zero attached hydrogens (tertiary/aromatic N) is 7. The Morgan fingerprint density at radius 1 is 0.551 bits per heavy atom. The standard InChI is InChI=1S/C28H37N5O2.C27H35N5O2/c1-30-15-17-32(18-16-30)25-5-6-27(35-2)22(19-25)7-11-31-12-9-24(10-13-31)33-14-8-21-3-4-23(28(29)34)20-26(21)33;1-34-26-5-4-24(31-16-10-29-11-17-31)18-21(26)6-12-30-13-8-23(9-14-30)32-15-7-20-2-3-22(27(28)33)19-25(20)32/h3-6,8,14,19-20,24H,7,9-13,15-18H2,1-2H3,(H2,29,34);2-5,7,15,18-19,23,29H,6,8-14,16-17H2,1H3,(H2,28,33). The van der Waals surface area contributed by atoms with E-state index in [1.165, 1.54) is 22.5 Å². The topological polar surface area (TPSA) is 143 Å². The molecule has 4 aliphatic heterocycles. The van der Waals surface area contributed by atoms with Crippen LogP contribution in [0.5, 0.6) is 11.5 Å². The molecule has 0 unspecified atom stereocenters. The number of aromatic nitrogens is 2. The minimum absolute atomic E-state index is 0.374. The van der Waals surface area contributed by atoms with Gasteiger partial charge in [-0.1, -0.05) is 12.1 Å². The Morgan fingerprint density at radius 3 is 1.41 bits per heavy atom. The fourth-order valence-electron chi connectivity index (χ4n) is 10.9. The Balaban J connectivity index is 0.000000172. The summed E-state index contributed by atoms with van der Waals surface area (Å²) < 4.78 is 16.0. The Labute approximate surface area is 407 Å². The zero-order valence-electron chi connectivity index (χ0n) is 41.0. The van der Waals surface area contributed by atoms with E-state index in [-0.39, 0.29) is 11.8 Å². The summed E-state index contributed by atoms with van der Waals surface area (Å²) in [5.74, 6) is 1.22. The third kappa shape index (κ3) is 11.4. The second-order valence-corrected chi connectivity index (χ2v) is 19.4. The van der Waals surface area contributed by atoms with Gasteiger partial charge in [0.15, 0.2) is 0 Å². The third-order valence-electron chi connectivity index (χ3n) is 15.2. The molecule has 6 heterocycles. The van der Waals surface area contributed by atoms with Crippen LogP contribution >= 0.6 is 0 Å². The van der Waals surface area contributed by atoms with Gasteiger partial charge in [-0.3, -0.25) is 9.59 Å². The number of nitrogens with two attached hydrogens (primary N) is 2. The monoisotopic (exact) mass is 937 g/mol. The summed E-state index contributed by atoms with van der Waals surface area (Å²) in [6, 6.07) is 29.9. The minimum atomic E-state index is -0.374. The van der Waals surface area contributed by atoms with Crippen molar-refractivity contribution in [2.75, 3.05) is 123 Å². The highest BCUT2D eigenvalue weighted by Crippen LogP contribution is 2.33. The van der Waals surface area contributed by atoms with E-state index in [4.69, 9.17) is 20.9 Å². The number of hydrogen-bond donors (Lipinski definition) is 3. The number of piperidine rings is 2. The van der Waals surface area contributed by atoms with Crippen LogP contribution in [0.1, 0.15) is 69.6 Å². The van der Waals surface area contributed by atoms with Crippen LogP contribution in [-0.4, -0.2) is 149 Å². The predicted octanol–water partition coefficient (Wildman–Crippen LogP) is 6.42. The van der Waals surface area contributed by atoms with E-state index >= 15 is 0 Å². The lowest BCUT2D eigenvalue weighted by molar-refractivity contribution is 0.0992. The predicted molar refractivity (Wildman–Crippen MR) is 279 cm³/mol. The number of piperazine rings is 2. The maximum atomic E-state index is 11.6. The van der Waals surface area contributed by atoms with Crippen LogP contribution in [0.2, 0.25) is 0 Å². The maximum Gasteiger partial charge on any atom is 0.248 e. The van der Waals surface area contributed by atoms with E-state index in [0.29, 0.717) is 23.2 Å². The van der Waals surface area contributed by atoms with Crippen molar-refractivity contribution in [3.8, 4) is 11.5 Å². The van der Waals surface area contributed by atoms with Gasteiger partial charge in [0.1, 0.15) is 11.5 Å². The van der Waals surface area contributed by atoms with E-state index in [1.807, 2.05) is 36.4 Å². The van der Waals surface area contributed by atoms with Crippen LogP contribution < -0.4 is 36.1 Å². The Kier molecular flexibility index (Phi) is 15.4. The second-order valence-electron chi connectivity index (χ2n) is 19.4. The number of anilines is 2. The van der Waals surface area contributed by atoms with Crippen molar-refractivity contribution < 1.29 is 19.1 Å². The lowest BCUT2D eigenvalue weighted by atomic mass is 10.0. The van der Waals surface area contributed by atoms with Gasteiger partial charge in [0.25, 0.3) is 0 Å². The summed E-state index contributed by atoms with van der Waals surface area (Å²) in [7, 11) is 5.72. The number of nitrogens with one attached hydrogen (secondary N) is 1. The second kappa shape index (κ2) is 22.1. The van der Waals surface area contributed by atoms with Crippen molar-refractivity contribution >= 4 is 45.0 Å². The first-order valence-corrected chi connectivity index (χ1v) is 25.1. The molecule has 4 fully saturated rings. The van der Waals surface area contributed by atoms with Gasteiger partial charge in [0.05, 0.1) is 14.2 Å². The van der Waals surface area contributed by atoms with Crippen LogP contribution in [0.3, 0.4) is 0 Å². The zero-order chi connectivity index (χ0) is 47.9. The van der Waals surface area contributed by atoms with Crippen molar-refractivity contribution in [1.82, 2.24) is 29.2 Å². The largest absolute Gasteiger partial charge is 0.496 e. The van der Waals surface area contributed by atoms with Crippen LogP contribution in [0, 0.1) is 0 Å². The average molecular weight is 937 g/mol. The van der Waals surface area contributed by atoms with Crippen molar-refractivity contribution in [3.63, 3.8) is 0 Å². The number of ether oxygens (including phenoxy) is 2. The number of methoxy groups -OCH3 is 2. The van der Waals surface area contributed by atoms with Gasteiger partial charge in [-0.2, -0.15) is 0 Å². The lowest BCUT2D eigenvalue weighted by Crippen LogP contribution is -2.44. The first kappa shape index (κ1) is 48.0.